The molecule has 6 rings (SSSR count). The van der Waals surface area contributed by atoms with Crippen LogP contribution in [0.2, 0.25) is 0 Å². The van der Waals surface area contributed by atoms with Crippen LogP contribution < -0.4 is 5.32 Å². The molecule has 5 nitrogen and oxygen atoms in total. The van der Waals surface area contributed by atoms with Crippen LogP contribution >= 0.6 is 11.3 Å². The zero-order chi connectivity index (χ0) is 17.2. The third kappa shape index (κ3) is 2.53. The van der Waals surface area contributed by atoms with Gasteiger partial charge in [0.2, 0.25) is 5.13 Å². The van der Waals surface area contributed by atoms with Crippen LogP contribution in [0, 0.1) is 31.6 Å². The van der Waals surface area contributed by atoms with Crippen molar-refractivity contribution in [2.75, 3.05) is 5.32 Å². The molecule has 1 N–H and O–H groups in total. The van der Waals surface area contributed by atoms with E-state index in [2.05, 4.69) is 15.5 Å². The molecule has 2 heterocycles. The Kier molecular flexibility index (Phi) is 3.36. The van der Waals surface area contributed by atoms with E-state index in [4.69, 9.17) is 4.42 Å². The van der Waals surface area contributed by atoms with E-state index in [1.54, 1.807) is 17.4 Å². The second kappa shape index (κ2) is 5.40. The molecule has 2 aromatic heterocycles. The van der Waals surface area contributed by atoms with Gasteiger partial charge in [-0.3, -0.25) is 10.1 Å². The lowest BCUT2D eigenvalue weighted by molar-refractivity contribution is -0.00555. The first-order valence-corrected chi connectivity index (χ1v) is 10.0. The fourth-order valence-corrected chi connectivity index (χ4v) is 6.84. The summed E-state index contributed by atoms with van der Waals surface area (Å²) in [5, 5.41) is 13.4. The summed E-state index contributed by atoms with van der Waals surface area (Å²) in [6, 6.07) is 1.77. The van der Waals surface area contributed by atoms with Crippen LogP contribution in [0.5, 0.6) is 0 Å². The Labute approximate surface area is 151 Å². The summed E-state index contributed by atoms with van der Waals surface area (Å²) in [6.45, 7) is 3.66. The Morgan fingerprint density at radius 3 is 2.36 bits per heavy atom. The molecular weight excluding hydrogens is 334 g/mol. The number of nitrogens with one attached hydrogen (secondary N) is 1. The molecule has 132 valence electrons. The number of aryl methyl sites for hydroxylation is 2. The Morgan fingerprint density at radius 1 is 1.16 bits per heavy atom. The smallest absolute Gasteiger partial charge is 0.261 e. The van der Waals surface area contributed by atoms with Gasteiger partial charge in [-0.1, -0.05) is 11.3 Å². The van der Waals surface area contributed by atoms with Gasteiger partial charge in [0.05, 0.1) is 5.56 Å². The van der Waals surface area contributed by atoms with Gasteiger partial charge in [0.15, 0.2) is 0 Å². The first-order valence-electron chi connectivity index (χ1n) is 9.23. The summed E-state index contributed by atoms with van der Waals surface area (Å²) < 4.78 is 5.45. The van der Waals surface area contributed by atoms with E-state index < -0.39 is 0 Å². The van der Waals surface area contributed by atoms with Crippen molar-refractivity contribution in [1.29, 1.82) is 0 Å². The minimum Gasteiger partial charge on any atom is -0.466 e. The lowest BCUT2D eigenvalue weighted by atomic mass is 9.50. The highest BCUT2D eigenvalue weighted by atomic mass is 32.1. The van der Waals surface area contributed by atoms with Crippen molar-refractivity contribution >= 4 is 22.4 Å². The van der Waals surface area contributed by atoms with Gasteiger partial charge in [0.25, 0.3) is 5.91 Å². The number of nitrogens with zero attached hydrogens (tertiary/aromatic N) is 2. The van der Waals surface area contributed by atoms with E-state index in [-0.39, 0.29) is 11.3 Å². The standard InChI is InChI=1S/C19H23N3O2S/c1-10-3-15(11(2)24-10)16(23)20-18-22-21-17(25-18)19-7-12-4-13(8-19)6-14(5-12)9-19/h3,12-14H,4-9H2,1-2H3,(H,20,22,23). The van der Waals surface area contributed by atoms with Crippen LogP contribution in [0.1, 0.15) is 65.4 Å². The monoisotopic (exact) mass is 357 g/mol. The Hall–Kier alpha value is -1.69. The Morgan fingerprint density at radius 2 is 1.80 bits per heavy atom. The van der Waals surface area contributed by atoms with Crippen LogP contribution in [-0.4, -0.2) is 16.1 Å². The van der Waals surface area contributed by atoms with Gasteiger partial charge in [-0.05, 0) is 76.2 Å². The fraction of sp³-hybridized carbons (Fsp3) is 0.632. The number of carbonyl (C=O) groups excluding carboxylic acids is 1. The zero-order valence-electron chi connectivity index (χ0n) is 14.7. The number of furan rings is 1. The van der Waals surface area contributed by atoms with Gasteiger partial charge >= 0.3 is 0 Å². The van der Waals surface area contributed by atoms with Gasteiger partial charge in [-0.15, -0.1) is 10.2 Å². The molecule has 4 bridgehead atoms. The maximum atomic E-state index is 12.5. The molecule has 0 radical (unpaired) electrons. The van der Waals surface area contributed by atoms with Crippen molar-refractivity contribution < 1.29 is 9.21 Å². The van der Waals surface area contributed by atoms with Crippen molar-refractivity contribution in [3.63, 3.8) is 0 Å². The van der Waals surface area contributed by atoms with Crippen LogP contribution in [0.15, 0.2) is 10.5 Å². The van der Waals surface area contributed by atoms with E-state index in [1.807, 2.05) is 13.8 Å². The van der Waals surface area contributed by atoms with Crippen LogP contribution in [-0.2, 0) is 5.41 Å². The van der Waals surface area contributed by atoms with E-state index >= 15 is 0 Å². The molecule has 2 aromatic rings. The highest BCUT2D eigenvalue weighted by molar-refractivity contribution is 7.15. The molecule has 1 amide bonds. The zero-order valence-corrected chi connectivity index (χ0v) is 15.5. The number of hydrogen-bond acceptors (Lipinski definition) is 5. The number of anilines is 1. The van der Waals surface area contributed by atoms with E-state index in [0.29, 0.717) is 16.5 Å². The van der Waals surface area contributed by atoms with Gasteiger partial charge < -0.3 is 4.42 Å². The number of aromatic nitrogens is 2. The first-order chi connectivity index (χ1) is 12.0. The first kappa shape index (κ1) is 15.6. The minimum atomic E-state index is -0.164. The molecule has 0 saturated heterocycles. The molecule has 0 aliphatic heterocycles. The quantitative estimate of drug-likeness (QED) is 0.880. The highest BCUT2D eigenvalue weighted by Crippen LogP contribution is 2.61. The van der Waals surface area contributed by atoms with Crippen molar-refractivity contribution in [3.8, 4) is 0 Å². The fourth-order valence-electron chi connectivity index (χ4n) is 5.88. The second-order valence-corrected chi connectivity index (χ2v) is 9.37. The van der Waals surface area contributed by atoms with Crippen LogP contribution in [0.25, 0.3) is 0 Å². The van der Waals surface area contributed by atoms with Gasteiger partial charge in [0.1, 0.15) is 16.5 Å². The van der Waals surface area contributed by atoms with E-state index in [1.165, 1.54) is 38.5 Å². The Bertz CT molecular complexity index is 802. The van der Waals surface area contributed by atoms with Crippen LogP contribution in [0.3, 0.4) is 0 Å². The summed E-state index contributed by atoms with van der Waals surface area (Å²) in [7, 11) is 0. The van der Waals surface area contributed by atoms with Crippen LogP contribution in [0.4, 0.5) is 5.13 Å². The van der Waals surface area contributed by atoms with Crippen molar-refractivity contribution in [2.24, 2.45) is 17.8 Å². The molecule has 4 fully saturated rings. The predicted octanol–water partition coefficient (Wildman–Crippen LogP) is 4.47. The predicted molar refractivity (Wildman–Crippen MR) is 95.9 cm³/mol. The molecule has 4 saturated carbocycles. The number of hydrogen-bond donors (Lipinski definition) is 1. The summed E-state index contributed by atoms with van der Waals surface area (Å²) in [4.78, 5) is 12.5. The number of amides is 1. The third-order valence-corrected chi connectivity index (χ3v) is 7.51. The van der Waals surface area contributed by atoms with Gasteiger partial charge in [-0.2, -0.15) is 0 Å². The maximum absolute atomic E-state index is 12.5. The largest absolute Gasteiger partial charge is 0.466 e. The van der Waals surface area contributed by atoms with Crippen molar-refractivity contribution in [1.82, 2.24) is 10.2 Å². The lowest BCUT2D eigenvalue weighted by Crippen LogP contribution is -2.48. The SMILES string of the molecule is Cc1cc(C(=O)Nc2nnc(C34CC5CC(CC(C5)C3)C4)s2)c(C)o1. The van der Waals surface area contributed by atoms with E-state index in [9.17, 15) is 4.79 Å². The molecule has 0 unspecified atom stereocenters. The lowest BCUT2D eigenvalue weighted by Gasteiger charge is -2.55. The normalized spacial score (nSPS) is 33.0. The molecule has 4 aliphatic rings. The molecule has 4 aliphatic carbocycles. The molecule has 25 heavy (non-hydrogen) atoms. The van der Waals surface area contributed by atoms with Crippen molar-refractivity contribution in [2.45, 2.75) is 57.8 Å². The van der Waals surface area contributed by atoms with Gasteiger partial charge in [-0.25, -0.2) is 0 Å². The molecule has 6 heteroatoms. The van der Waals surface area contributed by atoms with Crippen molar-refractivity contribution in [3.05, 3.63) is 28.2 Å². The summed E-state index contributed by atoms with van der Waals surface area (Å²) in [6.07, 6.45) is 8.05. The maximum Gasteiger partial charge on any atom is 0.261 e. The average molecular weight is 357 g/mol. The molecule has 0 aromatic carbocycles. The summed E-state index contributed by atoms with van der Waals surface area (Å²) in [5.74, 6) is 3.86. The number of carbonyl (C=O) groups is 1. The second-order valence-electron chi connectivity index (χ2n) is 8.39. The third-order valence-electron chi connectivity index (χ3n) is 6.42. The van der Waals surface area contributed by atoms with Gasteiger partial charge in [0, 0.05) is 5.41 Å². The topological polar surface area (TPSA) is 68.0 Å². The molecule has 0 spiro atoms. The molecule has 0 atom stereocenters. The average Bonchev–Trinajstić information content (AvgIpc) is 3.12. The minimum absolute atomic E-state index is 0.164. The Balaban J connectivity index is 1.37. The summed E-state index contributed by atoms with van der Waals surface area (Å²) in [5.41, 5.74) is 0.807. The summed E-state index contributed by atoms with van der Waals surface area (Å²) >= 11 is 1.57. The highest BCUT2D eigenvalue weighted by Gasteiger charge is 2.53. The van der Waals surface area contributed by atoms with E-state index in [0.717, 1.165) is 28.5 Å². The number of rotatable bonds is 3. The molecular formula is C19H23N3O2S.